The van der Waals surface area contributed by atoms with E-state index in [1.807, 2.05) is 11.3 Å². The summed E-state index contributed by atoms with van der Waals surface area (Å²) in [6.45, 7) is 13.1. The molecule has 0 aromatic carbocycles. The van der Waals surface area contributed by atoms with Crippen molar-refractivity contribution in [2.75, 3.05) is 39.3 Å². The predicted molar refractivity (Wildman–Crippen MR) is 102 cm³/mol. The first-order valence-electron chi connectivity index (χ1n) is 9.00. The maximum Gasteiger partial charge on any atom is 0.191 e. The molecule has 130 valence electrons. The summed E-state index contributed by atoms with van der Waals surface area (Å²) in [6, 6.07) is 4.32. The van der Waals surface area contributed by atoms with Gasteiger partial charge in [0.15, 0.2) is 5.96 Å². The van der Waals surface area contributed by atoms with E-state index in [1.54, 1.807) is 0 Å². The number of thiophene rings is 1. The number of aliphatic imine (C=N–C) groups is 1. The molecular weight excluding hydrogens is 304 g/mol. The Labute approximate surface area is 145 Å². The lowest BCUT2D eigenvalue weighted by molar-refractivity contribution is 0.324. The van der Waals surface area contributed by atoms with Crippen LogP contribution in [0.3, 0.4) is 0 Å². The van der Waals surface area contributed by atoms with Crippen molar-refractivity contribution in [3.05, 3.63) is 22.4 Å². The molecule has 5 heteroatoms. The summed E-state index contributed by atoms with van der Waals surface area (Å²) >= 11 is 1.82. The zero-order valence-electron chi connectivity index (χ0n) is 14.8. The van der Waals surface area contributed by atoms with E-state index in [0.717, 1.165) is 31.5 Å². The highest BCUT2D eigenvalue weighted by Crippen LogP contribution is 2.20. The highest BCUT2D eigenvalue weighted by atomic mass is 32.1. The van der Waals surface area contributed by atoms with Crippen LogP contribution in [0.5, 0.6) is 0 Å². The maximum atomic E-state index is 4.77. The smallest absolute Gasteiger partial charge is 0.191 e. The van der Waals surface area contributed by atoms with E-state index in [1.165, 1.54) is 37.4 Å². The molecule has 1 saturated heterocycles. The van der Waals surface area contributed by atoms with Crippen LogP contribution in [0.15, 0.2) is 22.5 Å². The van der Waals surface area contributed by atoms with Gasteiger partial charge in [0.1, 0.15) is 0 Å². The van der Waals surface area contributed by atoms with Gasteiger partial charge >= 0.3 is 0 Å². The highest BCUT2D eigenvalue weighted by molar-refractivity contribution is 7.10. The first kappa shape index (κ1) is 18.3. The molecule has 0 spiro atoms. The van der Waals surface area contributed by atoms with E-state index in [-0.39, 0.29) is 0 Å². The average Bonchev–Trinajstić information content (AvgIpc) is 3.22. The Morgan fingerprint density at radius 2 is 2.30 bits per heavy atom. The molecule has 2 unspecified atom stereocenters. The maximum absolute atomic E-state index is 4.77. The van der Waals surface area contributed by atoms with Gasteiger partial charge in [0.25, 0.3) is 0 Å². The predicted octanol–water partition coefficient (Wildman–Crippen LogP) is 3.14. The fourth-order valence-corrected chi connectivity index (χ4v) is 3.85. The molecule has 4 nitrogen and oxygen atoms in total. The average molecular weight is 337 g/mol. The largest absolute Gasteiger partial charge is 0.357 e. The van der Waals surface area contributed by atoms with Gasteiger partial charge in [0, 0.05) is 30.4 Å². The normalized spacial score (nSPS) is 20.7. The molecule has 2 N–H and O–H groups in total. The molecule has 0 aliphatic carbocycles. The Morgan fingerprint density at radius 3 is 3.00 bits per heavy atom. The number of nitrogens with one attached hydrogen (secondary N) is 2. The first-order valence-corrected chi connectivity index (χ1v) is 9.88. The molecule has 23 heavy (non-hydrogen) atoms. The summed E-state index contributed by atoms with van der Waals surface area (Å²) in [5, 5.41) is 9.05. The molecule has 0 saturated carbocycles. The van der Waals surface area contributed by atoms with Crippen LogP contribution in [0.2, 0.25) is 0 Å². The van der Waals surface area contributed by atoms with Gasteiger partial charge < -0.3 is 15.5 Å². The second-order valence-electron chi connectivity index (χ2n) is 6.47. The van der Waals surface area contributed by atoms with Crippen molar-refractivity contribution in [1.82, 2.24) is 15.5 Å². The second-order valence-corrected chi connectivity index (χ2v) is 7.45. The summed E-state index contributed by atoms with van der Waals surface area (Å²) in [4.78, 5) is 8.76. The minimum absolute atomic E-state index is 0.483. The Bertz CT molecular complexity index is 458. The summed E-state index contributed by atoms with van der Waals surface area (Å²) < 4.78 is 0. The highest BCUT2D eigenvalue weighted by Gasteiger charge is 2.21. The third-order valence-electron chi connectivity index (χ3n) is 4.36. The van der Waals surface area contributed by atoms with Crippen LogP contribution >= 0.6 is 11.3 Å². The van der Waals surface area contributed by atoms with Crippen LogP contribution < -0.4 is 10.6 Å². The van der Waals surface area contributed by atoms with Crippen LogP contribution in [-0.2, 0) is 0 Å². The summed E-state index contributed by atoms with van der Waals surface area (Å²) in [7, 11) is 0. The quantitative estimate of drug-likeness (QED) is 0.566. The lowest BCUT2D eigenvalue weighted by Gasteiger charge is -2.17. The summed E-state index contributed by atoms with van der Waals surface area (Å²) in [5.41, 5.74) is 0. The molecule has 0 amide bonds. The Kier molecular flexibility index (Phi) is 7.89. The van der Waals surface area contributed by atoms with Crippen LogP contribution in [0.4, 0.5) is 0 Å². The molecule has 0 bridgehead atoms. The summed E-state index contributed by atoms with van der Waals surface area (Å²) in [6.07, 6.45) is 2.56. The zero-order valence-corrected chi connectivity index (χ0v) is 15.7. The van der Waals surface area contributed by atoms with Crippen LogP contribution in [0.1, 0.15) is 44.4 Å². The zero-order chi connectivity index (χ0) is 16.5. The Morgan fingerprint density at radius 1 is 1.43 bits per heavy atom. The van der Waals surface area contributed by atoms with E-state index >= 15 is 0 Å². The van der Waals surface area contributed by atoms with Gasteiger partial charge in [-0.05, 0) is 50.2 Å². The van der Waals surface area contributed by atoms with Gasteiger partial charge in [-0.15, -0.1) is 11.3 Å². The Hall–Kier alpha value is -1.07. The number of hydrogen-bond donors (Lipinski definition) is 2. The minimum Gasteiger partial charge on any atom is -0.357 e. The van der Waals surface area contributed by atoms with Gasteiger partial charge in [0.05, 0.1) is 6.54 Å². The van der Waals surface area contributed by atoms with E-state index in [2.05, 4.69) is 53.8 Å². The van der Waals surface area contributed by atoms with Crippen LogP contribution in [-0.4, -0.2) is 50.1 Å². The number of guanidine groups is 1. The van der Waals surface area contributed by atoms with Gasteiger partial charge in [-0.25, -0.2) is 0 Å². The van der Waals surface area contributed by atoms with E-state index in [0.29, 0.717) is 5.92 Å². The van der Waals surface area contributed by atoms with Crippen molar-refractivity contribution in [3.8, 4) is 0 Å². The third kappa shape index (κ3) is 6.15. The molecule has 1 aliphatic heterocycles. The van der Waals surface area contributed by atoms with Crippen molar-refractivity contribution in [2.45, 2.75) is 39.5 Å². The van der Waals surface area contributed by atoms with Crippen molar-refractivity contribution >= 4 is 17.3 Å². The molecular formula is C18H32N4S. The minimum atomic E-state index is 0.483. The van der Waals surface area contributed by atoms with E-state index in [4.69, 9.17) is 4.99 Å². The van der Waals surface area contributed by atoms with Gasteiger partial charge in [-0.2, -0.15) is 0 Å². The first-order chi connectivity index (χ1) is 11.2. The molecule has 2 rings (SSSR count). The Balaban J connectivity index is 1.78. The number of likely N-dealkylation sites (tertiary alicyclic amines) is 1. The number of nitrogens with zero attached hydrogens (tertiary/aromatic N) is 2. The van der Waals surface area contributed by atoms with Crippen molar-refractivity contribution < 1.29 is 0 Å². The van der Waals surface area contributed by atoms with E-state index < -0.39 is 0 Å². The van der Waals surface area contributed by atoms with Gasteiger partial charge in [-0.3, -0.25) is 4.99 Å². The summed E-state index contributed by atoms with van der Waals surface area (Å²) in [5.74, 6) is 2.20. The SMILES string of the molecule is CCCN1CCC(CNC(=NCC(C)c2cccs2)NCC)C1. The van der Waals surface area contributed by atoms with Crippen LogP contribution in [0.25, 0.3) is 0 Å². The molecule has 2 atom stereocenters. The fourth-order valence-electron chi connectivity index (χ4n) is 3.07. The molecule has 0 radical (unpaired) electrons. The fraction of sp³-hybridized carbons (Fsp3) is 0.722. The lowest BCUT2D eigenvalue weighted by Crippen LogP contribution is -2.40. The standard InChI is InChI=1S/C18H32N4S/c1-4-9-22-10-8-16(14-22)13-21-18(19-5-2)20-12-15(3)17-7-6-11-23-17/h6-7,11,15-16H,4-5,8-10,12-14H2,1-3H3,(H2,19,20,21). The van der Waals surface area contributed by atoms with Crippen molar-refractivity contribution in [1.29, 1.82) is 0 Å². The topological polar surface area (TPSA) is 39.7 Å². The van der Waals surface area contributed by atoms with Gasteiger partial charge in [0.2, 0.25) is 0 Å². The second kappa shape index (κ2) is 9.93. The number of rotatable bonds is 8. The molecule has 1 aromatic heterocycles. The van der Waals surface area contributed by atoms with Crippen molar-refractivity contribution in [2.24, 2.45) is 10.9 Å². The third-order valence-corrected chi connectivity index (χ3v) is 5.47. The van der Waals surface area contributed by atoms with E-state index in [9.17, 15) is 0 Å². The molecule has 1 aromatic rings. The number of hydrogen-bond acceptors (Lipinski definition) is 3. The monoisotopic (exact) mass is 336 g/mol. The van der Waals surface area contributed by atoms with Crippen LogP contribution in [0, 0.1) is 5.92 Å². The lowest BCUT2D eigenvalue weighted by atomic mass is 10.1. The molecule has 1 aliphatic rings. The van der Waals surface area contributed by atoms with Gasteiger partial charge in [-0.1, -0.05) is 19.9 Å². The van der Waals surface area contributed by atoms with Crippen molar-refractivity contribution in [3.63, 3.8) is 0 Å². The molecule has 2 heterocycles. The molecule has 1 fully saturated rings.